The van der Waals surface area contributed by atoms with Crippen LogP contribution in [0.1, 0.15) is 11.6 Å². The van der Waals surface area contributed by atoms with Gasteiger partial charge < -0.3 is 20.5 Å². The van der Waals surface area contributed by atoms with Crippen molar-refractivity contribution in [3.05, 3.63) is 35.9 Å². The number of halogens is 1. The molecule has 0 saturated carbocycles. The second kappa shape index (κ2) is 8.12. The van der Waals surface area contributed by atoms with Crippen molar-refractivity contribution in [2.45, 2.75) is 12.1 Å². The summed E-state index contributed by atoms with van der Waals surface area (Å²) in [5.74, 6) is -0.199. The van der Waals surface area contributed by atoms with E-state index in [0.29, 0.717) is 26.4 Å². The van der Waals surface area contributed by atoms with Gasteiger partial charge in [-0.2, -0.15) is 0 Å². The van der Waals surface area contributed by atoms with Crippen LogP contribution in [-0.4, -0.2) is 38.4 Å². The molecule has 1 heterocycles. The van der Waals surface area contributed by atoms with Gasteiger partial charge in [0, 0.05) is 6.54 Å². The summed E-state index contributed by atoms with van der Waals surface area (Å²) < 4.78 is 10.7. The predicted octanol–water partition coefficient (Wildman–Crippen LogP) is 0.640. The van der Waals surface area contributed by atoms with E-state index in [1.165, 1.54) is 0 Å². The number of carbonyl (C=O) groups is 1. The molecular formula is C13H19ClN2O3. The highest BCUT2D eigenvalue weighted by Gasteiger charge is 2.19. The number of rotatable bonds is 4. The number of amides is 1. The molecule has 1 aromatic rings. The van der Waals surface area contributed by atoms with E-state index in [2.05, 4.69) is 5.32 Å². The van der Waals surface area contributed by atoms with Gasteiger partial charge in [0.2, 0.25) is 5.91 Å². The topological polar surface area (TPSA) is 73.6 Å². The highest BCUT2D eigenvalue weighted by atomic mass is 35.5. The normalized spacial score (nSPS) is 20.2. The Hall–Kier alpha value is -1.14. The van der Waals surface area contributed by atoms with Crippen molar-refractivity contribution < 1.29 is 14.3 Å². The van der Waals surface area contributed by atoms with Gasteiger partial charge in [0.1, 0.15) is 6.04 Å². The van der Waals surface area contributed by atoms with E-state index < -0.39 is 6.04 Å². The molecule has 1 aliphatic rings. The van der Waals surface area contributed by atoms with E-state index in [1.807, 2.05) is 30.3 Å². The first-order valence-corrected chi connectivity index (χ1v) is 6.05. The Morgan fingerprint density at radius 2 is 2.11 bits per heavy atom. The lowest BCUT2D eigenvalue weighted by atomic mass is 10.1. The second-order valence-corrected chi connectivity index (χ2v) is 4.20. The molecule has 0 spiro atoms. The Bertz CT molecular complexity index is 383. The van der Waals surface area contributed by atoms with Crippen molar-refractivity contribution in [3.8, 4) is 0 Å². The fourth-order valence-electron chi connectivity index (χ4n) is 1.79. The molecule has 3 N–H and O–H groups in total. The average Bonchev–Trinajstić information content (AvgIpc) is 2.46. The lowest BCUT2D eigenvalue weighted by molar-refractivity contribution is -0.125. The van der Waals surface area contributed by atoms with Crippen molar-refractivity contribution in [3.63, 3.8) is 0 Å². The van der Waals surface area contributed by atoms with Crippen molar-refractivity contribution >= 4 is 18.3 Å². The van der Waals surface area contributed by atoms with Crippen LogP contribution in [0.5, 0.6) is 0 Å². The number of carbonyl (C=O) groups excluding carboxylic acids is 1. The van der Waals surface area contributed by atoms with Gasteiger partial charge in [-0.05, 0) is 5.56 Å². The lowest BCUT2D eigenvalue weighted by Gasteiger charge is -2.23. The van der Waals surface area contributed by atoms with Gasteiger partial charge >= 0.3 is 0 Å². The quantitative estimate of drug-likeness (QED) is 0.852. The largest absolute Gasteiger partial charge is 0.376 e. The second-order valence-electron chi connectivity index (χ2n) is 4.20. The van der Waals surface area contributed by atoms with Crippen LogP contribution in [0.15, 0.2) is 30.3 Å². The van der Waals surface area contributed by atoms with E-state index in [1.54, 1.807) is 0 Å². The van der Waals surface area contributed by atoms with Gasteiger partial charge in [-0.15, -0.1) is 12.4 Å². The first-order chi connectivity index (χ1) is 8.77. The Balaban J connectivity index is 0.00000180. The van der Waals surface area contributed by atoms with Crippen molar-refractivity contribution in [2.24, 2.45) is 5.73 Å². The third-order valence-corrected chi connectivity index (χ3v) is 2.83. The fourth-order valence-corrected chi connectivity index (χ4v) is 1.79. The molecule has 0 bridgehead atoms. The first-order valence-electron chi connectivity index (χ1n) is 6.05. The highest BCUT2D eigenvalue weighted by Crippen LogP contribution is 2.09. The van der Waals surface area contributed by atoms with Crippen LogP contribution in [0.2, 0.25) is 0 Å². The van der Waals surface area contributed by atoms with E-state index >= 15 is 0 Å². The predicted molar refractivity (Wildman–Crippen MR) is 74.2 cm³/mol. The van der Waals surface area contributed by atoms with Gasteiger partial charge in [-0.1, -0.05) is 30.3 Å². The molecule has 1 aromatic carbocycles. The summed E-state index contributed by atoms with van der Waals surface area (Å²) in [7, 11) is 0. The standard InChI is InChI=1S/C13H18N2O3.ClH/c14-12(10-4-2-1-3-5-10)13(16)15-8-11-9-17-6-7-18-11;/h1-5,11-12H,6-9,14H2,(H,15,16);1H. The zero-order valence-corrected chi connectivity index (χ0v) is 11.4. The monoisotopic (exact) mass is 286 g/mol. The van der Waals surface area contributed by atoms with Crippen LogP contribution in [0.25, 0.3) is 0 Å². The van der Waals surface area contributed by atoms with E-state index in [0.717, 1.165) is 5.56 Å². The first kappa shape index (κ1) is 15.9. The smallest absolute Gasteiger partial charge is 0.241 e. The summed E-state index contributed by atoms with van der Waals surface area (Å²) in [6, 6.07) is 8.65. The molecule has 2 atom stereocenters. The van der Waals surface area contributed by atoms with E-state index in [9.17, 15) is 4.79 Å². The molecule has 5 nitrogen and oxygen atoms in total. The summed E-state index contributed by atoms with van der Waals surface area (Å²) in [6.45, 7) is 2.14. The van der Waals surface area contributed by atoms with Gasteiger partial charge in [0.15, 0.2) is 0 Å². The zero-order chi connectivity index (χ0) is 12.8. The number of benzene rings is 1. The molecule has 0 radical (unpaired) electrons. The number of ether oxygens (including phenoxy) is 2. The van der Waals surface area contributed by atoms with E-state index in [-0.39, 0.29) is 24.4 Å². The Morgan fingerprint density at radius 3 is 2.74 bits per heavy atom. The van der Waals surface area contributed by atoms with Crippen LogP contribution >= 0.6 is 12.4 Å². The molecule has 1 fully saturated rings. The third kappa shape index (κ3) is 4.80. The summed E-state index contributed by atoms with van der Waals surface area (Å²) in [5.41, 5.74) is 6.67. The van der Waals surface area contributed by atoms with Gasteiger partial charge in [0.25, 0.3) is 0 Å². The minimum Gasteiger partial charge on any atom is -0.376 e. The fraction of sp³-hybridized carbons (Fsp3) is 0.462. The molecule has 19 heavy (non-hydrogen) atoms. The summed E-state index contributed by atoms with van der Waals surface area (Å²) in [4.78, 5) is 11.9. The average molecular weight is 287 g/mol. The molecule has 0 aromatic heterocycles. The molecular weight excluding hydrogens is 268 g/mol. The van der Waals surface area contributed by atoms with Crippen LogP contribution in [0.3, 0.4) is 0 Å². The van der Waals surface area contributed by atoms with Gasteiger partial charge in [-0.3, -0.25) is 4.79 Å². The molecule has 1 aliphatic heterocycles. The van der Waals surface area contributed by atoms with Gasteiger partial charge in [-0.25, -0.2) is 0 Å². The zero-order valence-electron chi connectivity index (χ0n) is 10.6. The SMILES string of the molecule is Cl.NC(C(=O)NCC1COCCO1)c1ccccc1. The Kier molecular flexibility index (Phi) is 6.80. The maximum atomic E-state index is 11.9. The Morgan fingerprint density at radius 1 is 1.37 bits per heavy atom. The van der Waals surface area contributed by atoms with E-state index in [4.69, 9.17) is 15.2 Å². The summed E-state index contributed by atoms with van der Waals surface area (Å²) >= 11 is 0. The van der Waals surface area contributed by atoms with Crippen molar-refractivity contribution in [2.75, 3.05) is 26.4 Å². The molecule has 6 heteroatoms. The third-order valence-electron chi connectivity index (χ3n) is 2.83. The maximum Gasteiger partial charge on any atom is 0.241 e. The summed E-state index contributed by atoms with van der Waals surface area (Å²) in [5, 5.41) is 2.78. The molecule has 0 aliphatic carbocycles. The molecule has 1 saturated heterocycles. The van der Waals surface area contributed by atoms with Crippen LogP contribution < -0.4 is 11.1 Å². The minimum atomic E-state index is -0.643. The molecule has 2 unspecified atom stereocenters. The van der Waals surface area contributed by atoms with Crippen molar-refractivity contribution in [1.82, 2.24) is 5.32 Å². The minimum absolute atomic E-state index is 0. The number of hydrogen-bond donors (Lipinski definition) is 2. The molecule has 106 valence electrons. The number of nitrogens with two attached hydrogens (primary N) is 1. The van der Waals surface area contributed by atoms with Crippen LogP contribution in [-0.2, 0) is 14.3 Å². The number of hydrogen-bond acceptors (Lipinski definition) is 4. The molecule has 1 amide bonds. The summed E-state index contributed by atoms with van der Waals surface area (Å²) in [6.07, 6.45) is -0.0781. The van der Waals surface area contributed by atoms with Crippen LogP contribution in [0.4, 0.5) is 0 Å². The van der Waals surface area contributed by atoms with Crippen LogP contribution in [0, 0.1) is 0 Å². The lowest BCUT2D eigenvalue weighted by Crippen LogP contribution is -2.42. The van der Waals surface area contributed by atoms with Crippen molar-refractivity contribution in [1.29, 1.82) is 0 Å². The number of nitrogens with one attached hydrogen (secondary N) is 1. The van der Waals surface area contributed by atoms with Gasteiger partial charge in [0.05, 0.1) is 25.9 Å². The maximum absolute atomic E-state index is 11.9. The highest BCUT2D eigenvalue weighted by molar-refractivity contribution is 5.85. The Labute approximate surface area is 118 Å². The molecule has 2 rings (SSSR count).